The number of rotatable bonds is 5. The highest BCUT2D eigenvalue weighted by Gasteiger charge is 2.50. The van der Waals surface area contributed by atoms with Crippen LogP contribution in [0.15, 0.2) is 0 Å². The van der Waals surface area contributed by atoms with Crippen molar-refractivity contribution in [1.29, 1.82) is 0 Å². The molecule has 0 spiro atoms. The Bertz CT molecular complexity index is 793. The molecule has 0 aliphatic rings. The van der Waals surface area contributed by atoms with Gasteiger partial charge in [-0.1, -0.05) is 0 Å². The Kier molecular flexibility index (Phi) is 5.28. The van der Waals surface area contributed by atoms with Gasteiger partial charge in [-0.05, 0) is 13.8 Å². The first-order valence-corrected chi connectivity index (χ1v) is 7.41. The van der Waals surface area contributed by atoms with E-state index in [-0.39, 0.29) is 17.5 Å². The van der Waals surface area contributed by atoms with E-state index in [9.17, 15) is 36.0 Å². The number of carbonyl (C=O) groups is 3. The van der Waals surface area contributed by atoms with Crippen molar-refractivity contribution in [3.05, 3.63) is 17.0 Å². The third kappa shape index (κ3) is 3.34. The number of nitrogens with zero attached hydrogens (tertiary/aromatic N) is 1. The van der Waals surface area contributed by atoms with Crippen molar-refractivity contribution >= 4 is 28.5 Å². The Labute approximate surface area is 132 Å². The maximum atomic E-state index is 12.5. The number of hydrogen-bond acceptors (Lipinski definition) is 7. The molecule has 0 unspecified atom stereocenters. The summed E-state index contributed by atoms with van der Waals surface area (Å²) in [6, 6.07) is 0. The molecule has 0 aromatic carbocycles. The molecule has 1 aromatic rings. The summed E-state index contributed by atoms with van der Waals surface area (Å²) in [7, 11) is -6.26. The van der Waals surface area contributed by atoms with Gasteiger partial charge in [0.1, 0.15) is 11.3 Å². The summed E-state index contributed by atoms with van der Waals surface area (Å²) in [5.41, 5.74) is -8.43. The predicted octanol–water partition coefficient (Wildman–Crippen LogP) is 1.54. The second-order valence-corrected chi connectivity index (χ2v) is 5.65. The molecule has 24 heavy (non-hydrogen) atoms. The Morgan fingerprint density at radius 2 is 1.88 bits per heavy atom. The van der Waals surface area contributed by atoms with Crippen molar-refractivity contribution in [3.8, 4) is 5.75 Å². The molecule has 9 nitrogen and oxygen atoms in total. The van der Waals surface area contributed by atoms with Crippen LogP contribution in [-0.2, 0) is 14.9 Å². The van der Waals surface area contributed by atoms with Crippen molar-refractivity contribution in [2.24, 2.45) is 0 Å². The molecule has 0 saturated heterocycles. The lowest BCUT2D eigenvalue weighted by atomic mass is 10.2. The monoisotopic (exact) mass is 373 g/mol. The van der Waals surface area contributed by atoms with Crippen LogP contribution in [0.3, 0.4) is 0 Å². The Morgan fingerprint density at radius 1 is 1.33 bits per heavy atom. The number of aromatic nitrogens is 1. The van der Waals surface area contributed by atoms with Crippen LogP contribution >= 0.6 is 0 Å². The van der Waals surface area contributed by atoms with Crippen LogP contribution in [0.4, 0.5) is 18.0 Å². The fourth-order valence-electron chi connectivity index (χ4n) is 1.72. The predicted molar refractivity (Wildman–Crippen MR) is 69.5 cm³/mol. The maximum absolute atomic E-state index is 12.5. The molecule has 1 heterocycles. The fraction of sp³-hybridized carbons (Fsp3) is 0.364. The summed E-state index contributed by atoms with van der Waals surface area (Å²) in [6.07, 6.45) is -2.11. The van der Waals surface area contributed by atoms with Crippen molar-refractivity contribution in [3.63, 3.8) is 0 Å². The Morgan fingerprint density at radius 3 is 2.25 bits per heavy atom. The van der Waals surface area contributed by atoms with E-state index in [1.54, 1.807) is 0 Å². The molecule has 13 heteroatoms. The van der Waals surface area contributed by atoms with Crippen molar-refractivity contribution in [1.82, 2.24) is 4.57 Å². The van der Waals surface area contributed by atoms with E-state index in [1.807, 2.05) is 0 Å². The number of ether oxygens (including phenoxy) is 1. The highest BCUT2D eigenvalue weighted by atomic mass is 32.2. The number of hydrogen-bond donors (Lipinski definition) is 1. The second-order valence-electron chi connectivity index (χ2n) is 4.11. The van der Waals surface area contributed by atoms with Crippen LogP contribution in [0.5, 0.6) is 5.75 Å². The topological polar surface area (TPSA) is 129 Å². The van der Waals surface area contributed by atoms with E-state index in [2.05, 4.69) is 8.92 Å². The molecule has 1 rings (SSSR count). The van der Waals surface area contributed by atoms with Gasteiger partial charge in [0.05, 0.1) is 6.61 Å². The van der Waals surface area contributed by atoms with Crippen LogP contribution in [0.2, 0.25) is 0 Å². The molecule has 1 N–H and O–H groups in total. The minimum Gasteiger partial charge on any atom is -0.464 e. The number of aldehydes is 1. The first kappa shape index (κ1) is 19.5. The van der Waals surface area contributed by atoms with Gasteiger partial charge in [-0.25, -0.2) is 14.2 Å². The zero-order valence-electron chi connectivity index (χ0n) is 12.1. The van der Waals surface area contributed by atoms with Gasteiger partial charge in [0, 0.05) is 5.69 Å². The molecule has 0 bridgehead atoms. The third-order valence-corrected chi connectivity index (χ3v) is 3.61. The van der Waals surface area contributed by atoms with Gasteiger partial charge in [-0.3, -0.25) is 4.79 Å². The molecular weight excluding hydrogens is 363 g/mol. The average molecular weight is 373 g/mol. The number of alkyl halides is 3. The highest BCUT2D eigenvalue weighted by Crippen LogP contribution is 2.35. The Balaban J connectivity index is 3.74. The van der Waals surface area contributed by atoms with Crippen LogP contribution < -0.4 is 4.18 Å². The highest BCUT2D eigenvalue weighted by molar-refractivity contribution is 7.88. The summed E-state index contributed by atoms with van der Waals surface area (Å²) in [5.74, 6) is -2.73. The van der Waals surface area contributed by atoms with Gasteiger partial charge < -0.3 is 14.0 Å². The largest absolute Gasteiger partial charge is 0.534 e. The molecular formula is C11H10F3NO8S. The lowest BCUT2D eigenvalue weighted by Crippen LogP contribution is -2.29. The summed E-state index contributed by atoms with van der Waals surface area (Å²) >= 11 is 0. The quantitative estimate of drug-likeness (QED) is 0.356. The molecule has 0 atom stereocenters. The lowest BCUT2D eigenvalue weighted by Gasteiger charge is -2.10. The van der Waals surface area contributed by atoms with E-state index < -0.39 is 50.4 Å². The van der Waals surface area contributed by atoms with Gasteiger partial charge in [-0.2, -0.15) is 21.6 Å². The maximum Gasteiger partial charge on any atom is 0.534 e. The number of esters is 1. The number of halogens is 3. The number of carboxylic acid groups (broad SMARTS) is 1. The van der Waals surface area contributed by atoms with E-state index in [0.717, 1.165) is 6.92 Å². The third-order valence-electron chi connectivity index (χ3n) is 2.66. The summed E-state index contributed by atoms with van der Waals surface area (Å²) in [4.78, 5) is 34.0. The van der Waals surface area contributed by atoms with Gasteiger partial charge in [0.2, 0.25) is 0 Å². The smallest absolute Gasteiger partial charge is 0.464 e. The standard InChI is InChI=1S/C11H10F3NO8S/c1-3-22-9(17)7-5(2)15(10(18)19)6(4-16)8(7)23-24(20,21)11(12,13)14/h4H,3H2,1-2H3,(H,18,19). The Hall–Kier alpha value is -2.57. The molecule has 0 amide bonds. The van der Waals surface area contributed by atoms with Crippen molar-refractivity contribution in [2.45, 2.75) is 19.4 Å². The molecule has 0 aliphatic heterocycles. The van der Waals surface area contributed by atoms with E-state index in [4.69, 9.17) is 5.11 Å². The first-order chi connectivity index (χ1) is 10.9. The van der Waals surface area contributed by atoms with E-state index in [1.165, 1.54) is 6.92 Å². The van der Waals surface area contributed by atoms with Crippen LogP contribution in [0.25, 0.3) is 0 Å². The zero-order valence-corrected chi connectivity index (χ0v) is 12.9. The summed E-state index contributed by atoms with van der Waals surface area (Å²) < 4.78 is 68.1. The minimum absolute atomic E-state index is 0.112. The molecule has 0 aliphatic carbocycles. The molecule has 0 saturated carbocycles. The zero-order chi connectivity index (χ0) is 18.9. The van der Waals surface area contributed by atoms with Gasteiger partial charge in [0.15, 0.2) is 12.0 Å². The van der Waals surface area contributed by atoms with Crippen molar-refractivity contribution < 1.29 is 50.0 Å². The molecule has 0 radical (unpaired) electrons. The summed E-state index contributed by atoms with van der Waals surface area (Å²) in [5, 5.41) is 9.01. The fourth-order valence-corrected chi connectivity index (χ4v) is 2.21. The van der Waals surface area contributed by atoms with E-state index in [0.29, 0.717) is 0 Å². The second kappa shape index (κ2) is 6.51. The van der Waals surface area contributed by atoms with Gasteiger partial charge >= 0.3 is 27.7 Å². The molecule has 0 fully saturated rings. The minimum atomic E-state index is -6.26. The van der Waals surface area contributed by atoms with E-state index >= 15 is 0 Å². The normalized spacial score (nSPS) is 11.9. The van der Waals surface area contributed by atoms with Crippen LogP contribution in [0, 0.1) is 6.92 Å². The van der Waals surface area contributed by atoms with Crippen molar-refractivity contribution in [2.75, 3.05) is 6.61 Å². The average Bonchev–Trinajstić information content (AvgIpc) is 2.69. The van der Waals surface area contributed by atoms with Gasteiger partial charge in [0.25, 0.3) is 0 Å². The van der Waals surface area contributed by atoms with Crippen LogP contribution in [0.1, 0.15) is 33.5 Å². The SMILES string of the molecule is CCOC(=O)c1c(OS(=O)(=O)C(F)(F)F)c(C=O)n(C(=O)O)c1C. The van der Waals surface area contributed by atoms with Crippen LogP contribution in [-0.4, -0.2) is 48.6 Å². The summed E-state index contributed by atoms with van der Waals surface area (Å²) in [6.45, 7) is 2.05. The van der Waals surface area contributed by atoms with Gasteiger partial charge in [-0.15, -0.1) is 0 Å². The molecule has 1 aromatic heterocycles. The number of carbonyl (C=O) groups excluding carboxylic acids is 2. The lowest BCUT2D eigenvalue weighted by molar-refractivity contribution is -0.0500. The molecule has 134 valence electrons. The first-order valence-electron chi connectivity index (χ1n) is 6.00.